The Bertz CT molecular complexity index is 618. The highest BCUT2D eigenvalue weighted by Gasteiger charge is 2.42. The molecule has 1 atom stereocenters. The number of aryl methyl sites for hydroxylation is 1. The van der Waals surface area contributed by atoms with Gasteiger partial charge in [-0.3, -0.25) is 0 Å². The number of hydrogen-bond acceptors (Lipinski definition) is 0. The van der Waals surface area contributed by atoms with E-state index >= 15 is 0 Å². The Morgan fingerprint density at radius 3 is 2.63 bits per heavy atom. The Morgan fingerprint density at radius 1 is 1.26 bits per heavy atom. The van der Waals surface area contributed by atoms with Gasteiger partial charge in [0.15, 0.2) is 12.4 Å². The van der Waals surface area contributed by atoms with Gasteiger partial charge in [-0.2, -0.15) is 4.57 Å². The van der Waals surface area contributed by atoms with Crippen molar-refractivity contribution in [2.45, 2.75) is 39.2 Å². The molecule has 98 valence electrons. The fourth-order valence-electron chi connectivity index (χ4n) is 3.17. The summed E-state index contributed by atoms with van der Waals surface area (Å²) in [5, 5.41) is 1.37. The van der Waals surface area contributed by atoms with Crippen LogP contribution in [-0.2, 0) is 13.5 Å². The van der Waals surface area contributed by atoms with Crippen molar-refractivity contribution < 1.29 is 4.57 Å². The molecular formula is C17H23BN+. The van der Waals surface area contributed by atoms with Gasteiger partial charge in [0, 0.05) is 23.3 Å². The highest BCUT2D eigenvalue weighted by molar-refractivity contribution is 6.70. The molecule has 0 spiro atoms. The minimum Gasteiger partial charge on any atom is -0.199 e. The molecule has 19 heavy (non-hydrogen) atoms. The summed E-state index contributed by atoms with van der Waals surface area (Å²) < 4.78 is 2.39. The minimum absolute atomic E-state index is 0.720. The molecule has 3 rings (SSSR count). The molecule has 0 N–H and O–H groups in total. The quantitative estimate of drug-likeness (QED) is 0.580. The zero-order valence-electron chi connectivity index (χ0n) is 12.5. The summed E-state index contributed by atoms with van der Waals surface area (Å²) in [6.07, 6.45) is 2.52. The molecule has 2 aromatic rings. The maximum Gasteiger partial charge on any atom is 0.212 e. The summed E-state index contributed by atoms with van der Waals surface area (Å²) in [5.74, 6) is 1.50. The van der Waals surface area contributed by atoms with Gasteiger partial charge in [-0.1, -0.05) is 33.1 Å². The predicted molar refractivity (Wildman–Crippen MR) is 82.8 cm³/mol. The van der Waals surface area contributed by atoms with Crippen LogP contribution in [0.4, 0.5) is 0 Å². The lowest BCUT2D eigenvalue weighted by molar-refractivity contribution is -0.652. The van der Waals surface area contributed by atoms with Crippen LogP contribution < -0.4 is 4.57 Å². The van der Waals surface area contributed by atoms with E-state index in [4.69, 9.17) is 0 Å². The molecule has 1 fully saturated rings. The molecule has 2 heteroatoms. The zero-order chi connectivity index (χ0) is 13.6. The Kier molecular flexibility index (Phi) is 3.12. The highest BCUT2D eigenvalue weighted by atomic mass is 14.9. The van der Waals surface area contributed by atoms with Gasteiger partial charge in [-0.25, -0.2) is 0 Å². The Balaban J connectivity index is 2.02. The summed E-state index contributed by atoms with van der Waals surface area (Å²) in [4.78, 5) is 0. The summed E-state index contributed by atoms with van der Waals surface area (Å²) >= 11 is 0. The van der Waals surface area contributed by atoms with Gasteiger partial charge in [0.2, 0.25) is 5.52 Å². The lowest BCUT2D eigenvalue weighted by Crippen LogP contribution is -2.34. The molecule has 1 aliphatic rings. The van der Waals surface area contributed by atoms with E-state index in [2.05, 4.69) is 62.6 Å². The summed E-state index contributed by atoms with van der Waals surface area (Å²) in [5.41, 5.74) is 4.32. The van der Waals surface area contributed by atoms with Gasteiger partial charge < -0.3 is 0 Å². The smallest absolute Gasteiger partial charge is 0.199 e. The van der Waals surface area contributed by atoms with Crippen LogP contribution in [-0.4, -0.2) is 6.71 Å². The van der Waals surface area contributed by atoms with E-state index in [1.807, 2.05) is 0 Å². The number of nitrogens with zero attached hydrogens (tertiary/aromatic N) is 1. The van der Waals surface area contributed by atoms with Crippen molar-refractivity contribution in [3.63, 3.8) is 0 Å². The molecule has 0 saturated carbocycles. The first-order valence-corrected chi connectivity index (χ1v) is 7.48. The topological polar surface area (TPSA) is 3.88 Å². The van der Waals surface area contributed by atoms with Crippen molar-refractivity contribution in [1.29, 1.82) is 0 Å². The van der Waals surface area contributed by atoms with Crippen molar-refractivity contribution in [3.05, 3.63) is 41.6 Å². The van der Waals surface area contributed by atoms with Crippen molar-refractivity contribution in [2.75, 3.05) is 0 Å². The average Bonchev–Trinajstić information content (AvgIpc) is 3.05. The third-order valence-electron chi connectivity index (χ3n) is 4.41. The zero-order valence-corrected chi connectivity index (χ0v) is 12.5. The number of aromatic nitrogens is 1. The lowest BCUT2D eigenvalue weighted by atomic mass is 9.70. The first-order valence-electron chi connectivity index (χ1n) is 7.48. The van der Waals surface area contributed by atoms with Gasteiger partial charge in [0.25, 0.3) is 0 Å². The third kappa shape index (κ3) is 2.41. The van der Waals surface area contributed by atoms with Crippen LogP contribution in [0.25, 0.3) is 10.9 Å². The molecule has 1 unspecified atom stereocenters. The van der Waals surface area contributed by atoms with Crippen LogP contribution in [0.3, 0.4) is 0 Å². The van der Waals surface area contributed by atoms with E-state index in [9.17, 15) is 0 Å². The normalized spacial score (nSPS) is 18.4. The monoisotopic (exact) mass is 252 g/mol. The molecule has 1 aromatic heterocycles. The first-order chi connectivity index (χ1) is 9.06. The van der Waals surface area contributed by atoms with Crippen LogP contribution in [0.2, 0.25) is 13.1 Å². The first kappa shape index (κ1) is 12.7. The third-order valence-corrected chi connectivity index (χ3v) is 4.41. The molecule has 1 saturated heterocycles. The maximum absolute atomic E-state index is 2.39. The van der Waals surface area contributed by atoms with Crippen molar-refractivity contribution in [2.24, 2.45) is 13.0 Å². The summed E-state index contributed by atoms with van der Waals surface area (Å²) in [6, 6.07) is 11.6. The fraction of sp³-hybridized carbons (Fsp3) is 0.471. The number of rotatable bonds is 3. The van der Waals surface area contributed by atoms with E-state index < -0.39 is 0 Å². The van der Waals surface area contributed by atoms with Crippen molar-refractivity contribution in [3.8, 4) is 0 Å². The van der Waals surface area contributed by atoms with Gasteiger partial charge in [0.05, 0.1) is 0 Å². The second-order valence-corrected chi connectivity index (χ2v) is 6.63. The maximum atomic E-state index is 2.39. The second-order valence-electron chi connectivity index (χ2n) is 6.63. The van der Waals surface area contributed by atoms with Crippen molar-refractivity contribution >= 4 is 17.6 Å². The van der Waals surface area contributed by atoms with E-state index in [-0.39, 0.29) is 0 Å². The molecule has 0 amide bonds. The average molecular weight is 252 g/mol. The summed E-state index contributed by atoms with van der Waals surface area (Å²) in [7, 11) is 2.21. The lowest BCUT2D eigenvalue weighted by Gasteiger charge is -2.07. The number of benzene rings is 1. The van der Waals surface area contributed by atoms with E-state index in [1.165, 1.54) is 34.9 Å². The van der Waals surface area contributed by atoms with E-state index in [0.717, 1.165) is 18.4 Å². The Hall–Kier alpha value is -1.31. The van der Waals surface area contributed by atoms with E-state index in [1.54, 1.807) is 0 Å². The summed E-state index contributed by atoms with van der Waals surface area (Å²) in [6.45, 7) is 7.77. The standard InChI is InChI=1S/C17H23BN/c1-12(2)9-13-5-7-16-14(10-13)6-8-17(19(16)4)15-11-18(15)3/h5-8,10,12,15H,9,11H2,1-4H3/q+1. The molecule has 1 aromatic carbocycles. The number of fused-ring (bicyclic) bond motifs is 1. The van der Waals surface area contributed by atoms with Gasteiger partial charge in [0.1, 0.15) is 7.05 Å². The second kappa shape index (κ2) is 4.66. The highest BCUT2D eigenvalue weighted by Crippen LogP contribution is 2.38. The van der Waals surface area contributed by atoms with Crippen molar-refractivity contribution in [1.82, 2.24) is 0 Å². The number of hydrogen-bond donors (Lipinski definition) is 0. The largest absolute Gasteiger partial charge is 0.212 e. The van der Waals surface area contributed by atoms with Crippen LogP contribution in [0, 0.1) is 5.92 Å². The molecule has 0 aliphatic carbocycles. The molecule has 0 bridgehead atoms. The predicted octanol–water partition coefficient (Wildman–Crippen LogP) is 3.62. The SMILES string of the molecule is CB1CC1c1ccc2cc(CC(C)C)ccc2[n+]1C. The molecule has 0 radical (unpaired) electrons. The van der Waals surface area contributed by atoms with Crippen LogP contribution in [0.1, 0.15) is 30.9 Å². The molecule has 1 aliphatic heterocycles. The van der Waals surface area contributed by atoms with Crippen LogP contribution >= 0.6 is 0 Å². The van der Waals surface area contributed by atoms with Crippen LogP contribution in [0.5, 0.6) is 0 Å². The van der Waals surface area contributed by atoms with Gasteiger partial charge in [-0.05, 0) is 30.0 Å². The van der Waals surface area contributed by atoms with Gasteiger partial charge in [-0.15, -0.1) is 0 Å². The fourth-order valence-corrected chi connectivity index (χ4v) is 3.17. The van der Waals surface area contributed by atoms with Gasteiger partial charge >= 0.3 is 0 Å². The number of pyridine rings is 1. The van der Waals surface area contributed by atoms with E-state index in [0.29, 0.717) is 0 Å². The Morgan fingerprint density at radius 2 is 2.00 bits per heavy atom. The molecule has 2 heterocycles. The van der Waals surface area contributed by atoms with Crippen LogP contribution in [0.15, 0.2) is 30.3 Å². The Labute approximate surface area is 116 Å². The molecule has 1 nitrogen and oxygen atoms in total. The minimum atomic E-state index is 0.720. The molecular weight excluding hydrogens is 229 g/mol.